The summed E-state index contributed by atoms with van der Waals surface area (Å²) in [5.41, 5.74) is 9.05. The lowest BCUT2D eigenvalue weighted by atomic mass is 10.0. The molecule has 128 valence electrons. The second-order valence-electron chi connectivity index (χ2n) is 6.54. The van der Waals surface area contributed by atoms with Crippen molar-refractivity contribution >= 4 is 22.5 Å². The molecule has 0 fully saturated rings. The molecule has 0 saturated carbocycles. The number of aliphatic imine (C=N–C) groups is 1. The highest BCUT2D eigenvalue weighted by Crippen LogP contribution is 2.24. The first-order chi connectivity index (χ1) is 11.9. The number of hydrogen-bond donors (Lipinski definition) is 0. The van der Waals surface area contributed by atoms with E-state index in [1.807, 2.05) is 13.0 Å². The van der Waals surface area contributed by atoms with E-state index in [1.54, 1.807) is 0 Å². The standard InChI is InChI=1S/C24H27N/c1-17(2)23-15-14-20(5)24(16-23)25-21(6)18(3)12-13-19(4)22-10-8-7-9-11-22/h7-16H,1H2,2-6H3/b18-12+,19-13+,25-21?. The Balaban J connectivity index is 2.27. The first kappa shape index (κ1) is 18.7. The van der Waals surface area contributed by atoms with Gasteiger partial charge in [0.15, 0.2) is 0 Å². The average molecular weight is 329 g/mol. The predicted octanol–water partition coefficient (Wildman–Crippen LogP) is 7.17. The minimum Gasteiger partial charge on any atom is -0.253 e. The molecular weight excluding hydrogens is 302 g/mol. The first-order valence-electron chi connectivity index (χ1n) is 8.61. The molecule has 0 bridgehead atoms. The van der Waals surface area contributed by atoms with Crippen molar-refractivity contribution in [3.63, 3.8) is 0 Å². The van der Waals surface area contributed by atoms with E-state index in [1.165, 1.54) is 16.7 Å². The van der Waals surface area contributed by atoms with Crippen molar-refractivity contribution in [1.29, 1.82) is 0 Å². The summed E-state index contributed by atoms with van der Waals surface area (Å²) in [6.45, 7) is 14.4. The topological polar surface area (TPSA) is 12.4 Å². The quantitative estimate of drug-likeness (QED) is 0.407. The smallest absolute Gasteiger partial charge is 0.0668 e. The van der Waals surface area contributed by atoms with Gasteiger partial charge in [-0.1, -0.05) is 66.8 Å². The number of nitrogens with zero attached hydrogens (tertiary/aromatic N) is 1. The Kier molecular flexibility index (Phi) is 6.30. The van der Waals surface area contributed by atoms with Crippen LogP contribution in [0.15, 0.2) is 77.8 Å². The molecule has 0 atom stereocenters. The maximum absolute atomic E-state index is 4.83. The fourth-order valence-electron chi connectivity index (χ4n) is 2.43. The molecule has 0 aliphatic heterocycles. The SMILES string of the molecule is C=C(C)c1ccc(C)c(N=C(C)/C(C)=C/C=C(\C)c2ccccc2)c1. The molecule has 0 heterocycles. The van der Waals surface area contributed by atoms with E-state index >= 15 is 0 Å². The van der Waals surface area contributed by atoms with Gasteiger partial charge >= 0.3 is 0 Å². The van der Waals surface area contributed by atoms with Crippen LogP contribution in [0, 0.1) is 6.92 Å². The lowest BCUT2D eigenvalue weighted by molar-refractivity contribution is 1.36. The molecule has 0 N–H and O–H groups in total. The van der Waals surface area contributed by atoms with Crippen molar-refractivity contribution in [2.75, 3.05) is 0 Å². The molecule has 25 heavy (non-hydrogen) atoms. The number of benzene rings is 2. The van der Waals surface area contributed by atoms with Gasteiger partial charge in [-0.15, -0.1) is 0 Å². The van der Waals surface area contributed by atoms with Gasteiger partial charge < -0.3 is 0 Å². The summed E-state index contributed by atoms with van der Waals surface area (Å²) < 4.78 is 0. The van der Waals surface area contributed by atoms with Crippen molar-refractivity contribution in [1.82, 2.24) is 0 Å². The van der Waals surface area contributed by atoms with Gasteiger partial charge in [0, 0.05) is 5.71 Å². The van der Waals surface area contributed by atoms with Crippen LogP contribution in [0.25, 0.3) is 11.1 Å². The normalized spacial score (nSPS) is 13.1. The highest BCUT2D eigenvalue weighted by molar-refractivity contribution is 6.00. The summed E-state index contributed by atoms with van der Waals surface area (Å²) in [7, 11) is 0. The van der Waals surface area contributed by atoms with Gasteiger partial charge in [-0.2, -0.15) is 0 Å². The first-order valence-corrected chi connectivity index (χ1v) is 8.61. The molecule has 0 aliphatic carbocycles. The van der Waals surface area contributed by atoms with Gasteiger partial charge in [0.1, 0.15) is 0 Å². The summed E-state index contributed by atoms with van der Waals surface area (Å²) in [4.78, 5) is 4.83. The van der Waals surface area contributed by atoms with Crippen LogP contribution < -0.4 is 0 Å². The lowest BCUT2D eigenvalue weighted by Crippen LogP contribution is -1.93. The Morgan fingerprint density at radius 3 is 2.20 bits per heavy atom. The molecule has 0 aromatic heterocycles. The molecule has 2 rings (SSSR count). The van der Waals surface area contributed by atoms with E-state index in [2.05, 4.69) is 88.9 Å². The van der Waals surface area contributed by atoms with Crippen LogP contribution in [-0.2, 0) is 0 Å². The van der Waals surface area contributed by atoms with Crippen LogP contribution in [-0.4, -0.2) is 5.71 Å². The molecule has 0 aliphatic rings. The van der Waals surface area contributed by atoms with Gasteiger partial charge in [-0.3, -0.25) is 4.99 Å². The Bertz CT molecular complexity index is 849. The van der Waals surface area contributed by atoms with Crippen molar-refractivity contribution in [2.24, 2.45) is 4.99 Å². The highest BCUT2D eigenvalue weighted by atomic mass is 14.7. The fraction of sp³-hybridized carbons (Fsp3) is 0.208. The number of hydrogen-bond acceptors (Lipinski definition) is 1. The minimum atomic E-state index is 1.01. The molecule has 1 nitrogen and oxygen atoms in total. The highest BCUT2D eigenvalue weighted by Gasteiger charge is 2.02. The van der Waals surface area contributed by atoms with Crippen LogP contribution in [0.5, 0.6) is 0 Å². The van der Waals surface area contributed by atoms with Gasteiger partial charge in [0.2, 0.25) is 0 Å². The fourth-order valence-corrected chi connectivity index (χ4v) is 2.43. The lowest BCUT2D eigenvalue weighted by Gasteiger charge is -2.07. The predicted molar refractivity (Wildman–Crippen MR) is 113 cm³/mol. The number of aryl methyl sites for hydroxylation is 1. The zero-order valence-corrected chi connectivity index (χ0v) is 15.9. The molecule has 2 aromatic rings. The van der Waals surface area contributed by atoms with Crippen molar-refractivity contribution < 1.29 is 0 Å². The molecule has 0 amide bonds. The second-order valence-corrected chi connectivity index (χ2v) is 6.54. The van der Waals surface area contributed by atoms with E-state index in [4.69, 9.17) is 4.99 Å². The summed E-state index contributed by atoms with van der Waals surface area (Å²) in [6, 6.07) is 16.7. The molecule has 0 radical (unpaired) electrons. The monoisotopic (exact) mass is 329 g/mol. The van der Waals surface area contributed by atoms with Gasteiger partial charge in [-0.05, 0) is 68.5 Å². The summed E-state index contributed by atoms with van der Waals surface area (Å²) in [5, 5.41) is 0. The maximum Gasteiger partial charge on any atom is 0.0668 e. The third kappa shape index (κ3) is 5.15. The second kappa shape index (κ2) is 8.43. The zero-order chi connectivity index (χ0) is 18.4. The van der Waals surface area contributed by atoms with E-state index in [0.29, 0.717) is 0 Å². The van der Waals surface area contributed by atoms with Crippen molar-refractivity contribution in [2.45, 2.75) is 34.6 Å². The van der Waals surface area contributed by atoms with Crippen molar-refractivity contribution in [3.05, 3.63) is 89.5 Å². The van der Waals surface area contributed by atoms with Crippen LogP contribution in [0.1, 0.15) is 44.4 Å². The molecule has 0 saturated heterocycles. The molecule has 1 heteroatoms. The van der Waals surface area contributed by atoms with E-state index in [0.717, 1.165) is 28.1 Å². The third-order valence-corrected chi connectivity index (χ3v) is 4.37. The zero-order valence-electron chi connectivity index (χ0n) is 15.9. The Hall–Kier alpha value is -2.67. The van der Waals surface area contributed by atoms with Crippen molar-refractivity contribution in [3.8, 4) is 0 Å². The molecular formula is C24H27N. The maximum atomic E-state index is 4.83. The number of rotatable bonds is 5. The van der Waals surface area contributed by atoms with Crippen LogP contribution in [0.4, 0.5) is 5.69 Å². The Morgan fingerprint density at radius 1 is 0.880 bits per heavy atom. The van der Waals surface area contributed by atoms with Gasteiger partial charge in [0.05, 0.1) is 5.69 Å². The Morgan fingerprint density at radius 2 is 1.56 bits per heavy atom. The average Bonchev–Trinajstić information content (AvgIpc) is 2.61. The van der Waals surface area contributed by atoms with Crippen LogP contribution >= 0.6 is 0 Å². The van der Waals surface area contributed by atoms with Gasteiger partial charge in [0.25, 0.3) is 0 Å². The summed E-state index contributed by atoms with van der Waals surface area (Å²) in [6.07, 6.45) is 4.29. The van der Waals surface area contributed by atoms with E-state index < -0.39 is 0 Å². The van der Waals surface area contributed by atoms with E-state index in [9.17, 15) is 0 Å². The number of allylic oxidation sites excluding steroid dienone is 5. The largest absolute Gasteiger partial charge is 0.253 e. The van der Waals surface area contributed by atoms with Crippen LogP contribution in [0.2, 0.25) is 0 Å². The summed E-state index contributed by atoms with van der Waals surface area (Å²) >= 11 is 0. The molecule has 2 aromatic carbocycles. The minimum absolute atomic E-state index is 1.01. The van der Waals surface area contributed by atoms with Gasteiger partial charge in [-0.25, -0.2) is 0 Å². The summed E-state index contributed by atoms with van der Waals surface area (Å²) in [5.74, 6) is 0. The molecule has 0 spiro atoms. The van der Waals surface area contributed by atoms with E-state index in [-0.39, 0.29) is 0 Å². The Labute approximate surface area is 152 Å². The molecule has 0 unspecified atom stereocenters. The third-order valence-electron chi connectivity index (χ3n) is 4.37. The van der Waals surface area contributed by atoms with Crippen LogP contribution in [0.3, 0.4) is 0 Å².